The molecule has 2 rings (SSSR count). The number of anilines is 1. The van der Waals surface area contributed by atoms with E-state index in [2.05, 4.69) is 25.3 Å². The zero-order valence-corrected chi connectivity index (χ0v) is 10.3. The van der Waals surface area contributed by atoms with Crippen molar-refractivity contribution in [2.75, 3.05) is 11.9 Å². The summed E-state index contributed by atoms with van der Waals surface area (Å²) in [4.78, 5) is 13.5. The second-order valence-corrected chi connectivity index (χ2v) is 4.92. The standard InChI is InChI=1S/C14H17NO/c1-9(16)11-6-7-13-12(8-11)14(3,4)10(2)15(13)5/h6-8H,2H2,1,3-5H3. The third kappa shape index (κ3) is 1.29. The molecule has 0 N–H and O–H groups in total. The first kappa shape index (κ1) is 10.9. The third-order valence-electron chi connectivity index (χ3n) is 3.56. The molecule has 2 nitrogen and oxygen atoms in total. The normalized spacial score (nSPS) is 17.5. The number of carbonyl (C=O) groups excluding carboxylic acids is 1. The van der Waals surface area contributed by atoms with Crippen LogP contribution in [0, 0.1) is 0 Å². The zero-order chi connectivity index (χ0) is 12.1. The molecule has 0 bridgehead atoms. The molecule has 0 unspecified atom stereocenters. The van der Waals surface area contributed by atoms with Crippen LogP contribution in [0.1, 0.15) is 36.7 Å². The van der Waals surface area contributed by atoms with Gasteiger partial charge in [0.1, 0.15) is 0 Å². The highest BCUT2D eigenvalue weighted by atomic mass is 16.1. The molecule has 0 radical (unpaired) electrons. The fourth-order valence-electron chi connectivity index (χ4n) is 2.27. The molecule has 1 aliphatic rings. The predicted molar refractivity (Wildman–Crippen MR) is 67.0 cm³/mol. The minimum atomic E-state index is -0.0878. The summed E-state index contributed by atoms with van der Waals surface area (Å²) in [5.41, 5.74) is 4.10. The number of ketones is 1. The van der Waals surface area contributed by atoms with E-state index in [1.807, 2.05) is 25.2 Å². The SMILES string of the molecule is C=C1N(C)c2ccc(C(C)=O)cc2C1(C)C. The molecular weight excluding hydrogens is 198 g/mol. The van der Waals surface area contributed by atoms with Gasteiger partial charge in [-0.3, -0.25) is 4.79 Å². The highest BCUT2D eigenvalue weighted by molar-refractivity contribution is 5.95. The molecule has 0 fully saturated rings. The first-order valence-electron chi connectivity index (χ1n) is 5.44. The van der Waals surface area contributed by atoms with Crippen molar-refractivity contribution in [1.29, 1.82) is 0 Å². The second kappa shape index (κ2) is 3.21. The number of Topliss-reactive ketones (excluding diaryl/α,β-unsaturated/α-hetero) is 1. The molecule has 0 saturated carbocycles. The lowest BCUT2D eigenvalue weighted by Gasteiger charge is -2.22. The van der Waals surface area contributed by atoms with Gasteiger partial charge in [0.05, 0.1) is 0 Å². The van der Waals surface area contributed by atoms with E-state index in [9.17, 15) is 4.79 Å². The van der Waals surface area contributed by atoms with Gasteiger partial charge in [-0.15, -0.1) is 0 Å². The van der Waals surface area contributed by atoms with Crippen molar-refractivity contribution >= 4 is 11.5 Å². The van der Waals surface area contributed by atoms with Crippen LogP contribution in [0.15, 0.2) is 30.5 Å². The summed E-state index contributed by atoms with van der Waals surface area (Å²) in [5.74, 6) is 0.110. The molecule has 1 heterocycles. The van der Waals surface area contributed by atoms with Gasteiger partial charge < -0.3 is 4.90 Å². The van der Waals surface area contributed by atoms with Crippen molar-refractivity contribution in [3.8, 4) is 0 Å². The summed E-state index contributed by atoms with van der Waals surface area (Å²) in [6.07, 6.45) is 0. The fourth-order valence-corrected chi connectivity index (χ4v) is 2.27. The maximum atomic E-state index is 11.4. The monoisotopic (exact) mass is 215 g/mol. The summed E-state index contributed by atoms with van der Waals surface area (Å²) < 4.78 is 0. The van der Waals surface area contributed by atoms with Crippen molar-refractivity contribution in [2.24, 2.45) is 0 Å². The van der Waals surface area contributed by atoms with E-state index < -0.39 is 0 Å². The van der Waals surface area contributed by atoms with Crippen LogP contribution in [0.25, 0.3) is 0 Å². The minimum Gasteiger partial charge on any atom is -0.348 e. The van der Waals surface area contributed by atoms with E-state index in [0.29, 0.717) is 0 Å². The largest absolute Gasteiger partial charge is 0.348 e. The Labute approximate surface area is 96.6 Å². The van der Waals surface area contributed by atoms with E-state index in [0.717, 1.165) is 16.9 Å². The summed E-state index contributed by atoms with van der Waals surface area (Å²) in [7, 11) is 2.02. The van der Waals surface area contributed by atoms with Gasteiger partial charge in [0.25, 0.3) is 0 Å². The maximum absolute atomic E-state index is 11.4. The number of carbonyl (C=O) groups is 1. The quantitative estimate of drug-likeness (QED) is 0.671. The summed E-state index contributed by atoms with van der Waals surface area (Å²) in [5, 5.41) is 0. The molecule has 0 aromatic heterocycles. The first-order chi connectivity index (χ1) is 7.35. The lowest BCUT2D eigenvalue weighted by Crippen LogP contribution is -2.21. The van der Waals surface area contributed by atoms with E-state index >= 15 is 0 Å². The maximum Gasteiger partial charge on any atom is 0.159 e. The predicted octanol–water partition coefficient (Wildman–Crippen LogP) is 3.13. The van der Waals surface area contributed by atoms with Crippen molar-refractivity contribution in [3.05, 3.63) is 41.6 Å². The molecule has 0 atom stereocenters. The van der Waals surface area contributed by atoms with Crippen LogP contribution in [0.4, 0.5) is 5.69 Å². The van der Waals surface area contributed by atoms with E-state index in [1.165, 1.54) is 5.56 Å². The van der Waals surface area contributed by atoms with Gasteiger partial charge in [-0.25, -0.2) is 0 Å². The molecule has 0 aliphatic carbocycles. The van der Waals surface area contributed by atoms with Crippen molar-refractivity contribution in [3.63, 3.8) is 0 Å². The van der Waals surface area contributed by atoms with Crippen LogP contribution >= 0.6 is 0 Å². The van der Waals surface area contributed by atoms with E-state index in [4.69, 9.17) is 0 Å². The summed E-state index contributed by atoms with van der Waals surface area (Å²) >= 11 is 0. The van der Waals surface area contributed by atoms with Gasteiger partial charge in [-0.2, -0.15) is 0 Å². The van der Waals surface area contributed by atoms with Gasteiger partial charge in [-0.05, 0) is 30.7 Å². The van der Waals surface area contributed by atoms with Crippen LogP contribution < -0.4 is 4.90 Å². The number of fused-ring (bicyclic) bond motifs is 1. The number of benzene rings is 1. The fraction of sp³-hybridized carbons (Fsp3) is 0.357. The number of hydrogen-bond acceptors (Lipinski definition) is 2. The van der Waals surface area contributed by atoms with Crippen LogP contribution in [-0.2, 0) is 5.41 Å². The summed E-state index contributed by atoms with van der Waals surface area (Å²) in [6, 6.07) is 5.88. The highest BCUT2D eigenvalue weighted by Crippen LogP contribution is 2.46. The van der Waals surface area contributed by atoms with Crippen molar-refractivity contribution < 1.29 is 4.79 Å². The Balaban J connectivity index is 2.65. The van der Waals surface area contributed by atoms with Crippen molar-refractivity contribution in [2.45, 2.75) is 26.2 Å². The summed E-state index contributed by atoms with van der Waals surface area (Å²) in [6.45, 7) is 10.00. The molecular formula is C14H17NO. The Hall–Kier alpha value is -1.57. The van der Waals surface area contributed by atoms with Crippen LogP contribution in [0.2, 0.25) is 0 Å². The molecule has 0 spiro atoms. The molecule has 16 heavy (non-hydrogen) atoms. The van der Waals surface area contributed by atoms with Gasteiger partial charge in [0, 0.05) is 29.4 Å². The molecule has 1 aliphatic heterocycles. The molecule has 1 aromatic carbocycles. The minimum absolute atomic E-state index is 0.0878. The lowest BCUT2D eigenvalue weighted by molar-refractivity contribution is 0.101. The number of hydrogen-bond donors (Lipinski definition) is 0. The zero-order valence-electron chi connectivity index (χ0n) is 10.3. The molecule has 0 amide bonds. The second-order valence-electron chi connectivity index (χ2n) is 4.92. The number of rotatable bonds is 1. The Morgan fingerprint density at radius 1 is 1.38 bits per heavy atom. The average Bonchev–Trinajstić information content (AvgIpc) is 2.40. The Morgan fingerprint density at radius 2 is 2.00 bits per heavy atom. The lowest BCUT2D eigenvalue weighted by atomic mass is 9.83. The highest BCUT2D eigenvalue weighted by Gasteiger charge is 2.37. The van der Waals surface area contributed by atoms with E-state index in [-0.39, 0.29) is 11.2 Å². The topological polar surface area (TPSA) is 20.3 Å². The molecule has 1 aromatic rings. The first-order valence-corrected chi connectivity index (χ1v) is 5.44. The number of nitrogens with zero attached hydrogens (tertiary/aromatic N) is 1. The third-order valence-corrected chi connectivity index (χ3v) is 3.56. The van der Waals surface area contributed by atoms with Crippen LogP contribution in [0.3, 0.4) is 0 Å². The Kier molecular flexibility index (Phi) is 2.19. The van der Waals surface area contributed by atoms with Gasteiger partial charge in [-0.1, -0.05) is 20.4 Å². The van der Waals surface area contributed by atoms with Crippen molar-refractivity contribution in [1.82, 2.24) is 0 Å². The average molecular weight is 215 g/mol. The van der Waals surface area contributed by atoms with Gasteiger partial charge in [0.2, 0.25) is 0 Å². The van der Waals surface area contributed by atoms with Gasteiger partial charge >= 0.3 is 0 Å². The smallest absolute Gasteiger partial charge is 0.159 e. The molecule has 2 heteroatoms. The van der Waals surface area contributed by atoms with Crippen LogP contribution in [0.5, 0.6) is 0 Å². The Morgan fingerprint density at radius 3 is 2.56 bits per heavy atom. The molecule has 84 valence electrons. The van der Waals surface area contributed by atoms with Gasteiger partial charge in [0.15, 0.2) is 5.78 Å². The van der Waals surface area contributed by atoms with E-state index in [1.54, 1.807) is 6.92 Å². The number of likely N-dealkylation sites (N-methyl/N-ethyl adjacent to an activating group) is 1. The number of allylic oxidation sites excluding steroid dienone is 1. The van der Waals surface area contributed by atoms with Crippen LogP contribution in [-0.4, -0.2) is 12.8 Å². The Bertz CT molecular complexity index is 486. The molecule has 0 saturated heterocycles.